The number of carboxylic acids is 1. The lowest BCUT2D eigenvalue weighted by atomic mass is 9.98. The van der Waals surface area contributed by atoms with Crippen molar-refractivity contribution < 1.29 is 24.2 Å². The lowest BCUT2D eigenvalue weighted by Gasteiger charge is -2.19. The van der Waals surface area contributed by atoms with Crippen LogP contribution in [0.15, 0.2) is 67.3 Å². The maximum Gasteiger partial charge on any atom is 0.407 e. The summed E-state index contributed by atoms with van der Waals surface area (Å²) in [6.07, 6.45) is 4.82. The number of nitrogens with zero attached hydrogens (tertiary/aromatic N) is 2. The summed E-state index contributed by atoms with van der Waals surface area (Å²) >= 11 is 0. The number of aliphatic carboxylic acids is 1. The third-order valence-corrected chi connectivity index (χ3v) is 6.05. The quantitative estimate of drug-likeness (QED) is 0.366. The highest BCUT2D eigenvalue weighted by Crippen LogP contribution is 2.44. The highest BCUT2D eigenvalue weighted by molar-refractivity contribution is 5.86. The van der Waals surface area contributed by atoms with E-state index in [1.807, 2.05) is 59.3 Å². The molecule has 0 radical (unpaired) electrons. The van der Waals surface area contributed by atoms with E-state index < -0.39 is 24.0 Å². The molecule has 0 spiro atoms. The first-order chi connectivity index (χ1) is 17.0. The first kappa shape index (κ1) is 24.0. The van der Waals surface area contributed by atoms with Gasteiger partial charge < -0.3 is 25.0 Å². The lowest BCUT2D eigenvalue weighted by molar-refractivity contribution is -0.137. The molecule has 1 atom stereocenters. The molecule has 1 unspecified atom stereocenters. The molecule has 0 saturated carbocycles. The van der Waals surface area contributed by atoms with Gasteiger partial charge in [0.2, 0.25) is 5.91 Å². The van der Waals surface area contributed by atoms with Gasteiger partial charge in [-0.3, -0.25) is 9.59 Å². The summed E-state index contributed by atoms with van der Waals surface area (Å²) in [4.78, 5) is 40.3. The molecule has 4 rings (SSSR count). The highest BCUT2D eigenvalue weighted by atomic mass is 16.5. The van der Waals surface area contributed by atoms with E-state index in [-0.39, 0.29) is 25.4 Å². The second-order valence-electron chi connectivity index (χ2n) is 8.40. The standard InChI is InChI=1S/C26H28N4O5/c31-24(32)11-10-23(25(33)28-12-5-14-30-15-13-27-17-30)29-26(34)35-16-22-20-8-3-1-6-18(20)19-7-2-4-9-21(19)22/h1-4,6-9,13,15,17,22-23H,5,10-12,14,16H2,(H,28,33)(H,29,34)(H,31,32). The number of alkyl carbamates (subject to hydrolysis) is 1. The van der Waals surface area contributed by atoms with Crippen LogP contribution < -0.4 is 10.6 Å². The van der Waals surface area contributed by atoms with Crippen LogP contribution in [0.3, 0.4) is 0 Å². The van der Waals surface area contributed by atoms with Crippen LogP contribution in [0.25, 0.3) is 11.1 Å². The molecule has 2 amide bonds. The van der Waals surface area contributed by atoms with Crippen LogP contribution in [0.5, 0.6) is 0 Å². The number of carbonyl (C=O) groups is 3. The monoisotopic (exact) mass is 476 g/mol. The number of rotatable bonds is 11. The average molecular weight is 477 g/mol. The van der Waals surface area contributed by atoms with E-state index in [1.54, 1.807) is 12.5 Å². The Kier molecular flexibility index (Phi) is 7.77. The van der Waals surface area contributed by atoms with E-state index in [2.05, 4.69) is 15.6 Å². The van der Waals surface area contributed by atoms with Gasteiger partial charge in [-0.25, -0.2) is 9.78 Å². The van der Waals surface area contributed by atoms with Gasteiger partial charge in [0.05, 0.1) is 6.33 Å². The van der Waals surface area contributed by atoms with E-state index in [4.69, 9.17) is 9.84 Å². The zero-order valence-corrected chi connectivity index (χ0v) is 19.2. The minimum atomic E-state index is -1.04. The predicted molar refractivity (Wildman–Crippen MR) is 129 cm³/mol. The Labute approximate surface area is 203 Å². The fraction of sp³-hybridized carbons (Fsp3) is 0.308. The second-order valence-corrected chi connectivity index (χ2v) is 8.40. The number of aryl methyl sites for hydroxylation is 1. The van der Waals surface area contributed by atoms with Gasteiger partial charge in [0, 0.05) is 37.8 Å². The van der Waals surface area contributed by atoms with E-state index in [9.17, 15) is 14.4 Å². The third-order valence-electron chi connectivity index (χ3n) is 6.05. The molecule has 3 aromatic rings. The fourth-order valence-electron chi connectivity index (χ4n) is 4.33. The Morgan fingerprint density at radius 1 is 1.06 bits per heavy atom. The number of benzene rings is 2. The lowest BCUT2D eigenvalue weighted by Crippen LogP contribution is -2.47. The third kappa shape index (κ3) is 6.06. The average Bonchev–Trinajstić information content (AvgIpc) is 3.49. The molecule has 9 nitrogen and oxygen atoms in total. The first-order valence-corrected chi connectivity index (χ1v) is 11.6. The van der Waals surface area contributed by atoms with Gasteiger partial charge in [0.15, 0.2) is 0 Å². The summed E-state index contributed by atoms with van der Waals surface area (Å²) in [5.74, 6) is -1.59. The minimum absolute atomic E-state index is 0.0348. The number of fused-ring (bicyclic) bond motifs is 3. The van der Waals surface area contributed by atoms with Crippen molar-refractivity contribution in [3.8, 4) is 11.1 Å². The molecule has 0 aliphatic heterocycles. The number of amides is 2. The molecule has 9 heteroatoms. The topological polar surface area (TPSA) is 123 Å². The van der Waals surface area contributed by atoms with Crippen molar-refractivity contribution in [3.05, 3.63) is 78.4 Å². The smallest absolute Gasteiger partial charge is 0.407 e. The van der Waals surface area contributed by atoms with Crippen LogP contribution in [0.2, 0.25) is 0 Å². The highest BCUT2D eigenvalue weighted by Gasteiger charge is 2.29. The van der Waals surface area contributed by atoms with Crippen LogP contribution in [0, 0.1) is 0 Å². The van der Waals surface area contributed by atoms with Crippen molar-refractivity contribution >= 4 is 18.0 Å². The molecule has 1 heterocycles. The molecule has 182 valence electrons. The number of carboxylic acid groups (broad SMARTS) is 1. The molecule has 0 saturated heterocycles. The molecular weight excluding hydrogens is 448 g/mol. The van der Waals surface area contributed by atoms with E-state index in [0.717, 1.165) is 22.3 Å². The Hall–Kier alpha value is -4.14. The van der Waals surface area contributed by atoms with E-state index in [0.29, 0.717) is 19.5 Å². The van der Waals surface area contributed by atoms with Crippen molar-refractivity contribution in [1.29, 1.82) is 0 Å². The summed E-state index contributed by atoms with van der Waals surface area (Å²) in [6, 6.07) is 15.0. The number of ether oxygens (including phenoxy) is 1. The first-order valence-electron chi connectivity index (χ1n) is 11.6. The predicted octanol–water partition coefficient (Wildman–Crippen LogP) is 3.16. The van der Waals surface area contributed by atoms with Crippen molar-refractivity contribution in [2.45, 2.75) is 37.8 Å². The largest absolute Gasteiger partial charge is 0.481 e. The van der Waals surface area contributed by atoms with Gasteiger partial charge in [0.1, 0.15) is 12.6 Å². The SMILES string of the molecule is O=C(O)CCC(NC(=O)OCC1c2ccccc2-c2ccccc21)C(=O)NCCCn1ccnc1. The Morgan fingerprint density at radius 2 is 1.74 bits per heavy atom. The summed E-state index contributed by atoms with van der Waals surface area (Å²) in [5, 5.41) is 14.4. The molecule has 2 aromatic carbocycles. The molecule has 3 N–H and O–H groups in total. The van der Waals surface area contributed by atoms with Crippen molar-refractivity contribution in [2.75, 3.05) is 13.2 Å². The van der Waals surface area contributed by atoms with Crippen molar-refractivity contribution in [3.63, 3.8) is 0 Å². The molecular formula is C26H28N4O5. The molecule has 1 aliphatic carbocycles. The number of imidazole rings is 1. The summed E-state index contributed by atoms with van der Waals surface area (Å²) in [7, 11) is 0. The zero-order chi connectivity index (χ0) is 24.6. The Balaban J connectivity index is 1.32. The Bertz CT molecular complexity index is 1130. The summed E-state index contributed by atoms with van der Waals surface area (Å²) in [6.45, 7) is 1.17. The van der Waals surface area contributed by atoms with E-state index in [1.165, 1.54) is 0 Å². The van der Waals surface area contributed by atoms with Crippen LogP contribution in [-0.4, -0.2) is 51.8 Å². The van der Waals surface area contributed by atoms with Gasteiger partial charge in [0.25, 0.3) is 0 Å². The van der Waals surface area contributed by atoms with Crippen LogP contribution in [0.1, 0.15) is 36.3 Å². The zero-order valence-electron chi connectivity index (χ0n) is 19.2. The van der Waals surface area contributed by atoms with Gasteiger partial charge in [-0.15, -0.1) is 0 Å². The van der Waals surface area contributed by atoms with Crippen LogP contribution in [-0.2, 0) is 20.9 Å². The molecule has 35 heavy (non-hydrogen) atoms. The normalized spacial score (nSPS) is 12.9. The van der Waals surface area contributed by atoms with E-state index >= 15 is 0 Å². The number of nitrogens with one attached hydrogen (secondary N) is 2. The second kappa shape index (κ2) is 11.3. The number of hydrogen-bond acceptors (Lipinski definition) is 5. The maximum atomic E-state index is 12.6. The molecule has 0 bridgehead atoms. The van der Waals surface area contributed by atoms with Gasteiger partial charge in [-0.1, -0.05) is 48.5 Å². The fourth-order valence-corrected chi connectivity index (χ4v) is 4.33. The van der Waals surface area contributed by atoms with Gasteiger partial charge >= 0.3 is 12.1 Å². The summed E-state index contributed by atoms with van der Waals surface area (Å²) in [5.41, 5.74) is 4.40. The van der Waals surface area contributed by atoms with Crippen LogP contribution in [0.4, 0.5) is 4.79 Å². The molecule has 1 aromatic heterocycles. The number of aromatic nitrogens is 2. The Morgan fingerprint density at radius 3 is 2.37 bits per heavy atom. The maximum absolute atomic E-state index is 12.6. The van der Waals surface area contributed by atoms with Crippen LogP contribution >= 0.6 is 0 Å². The summed E-state index contributed by atoms with van der Waals surface area (Å²) < 4.78 is 7.41. The molecule has 0 fully saturated rings. The minimum Gasteiger partial charge on any atom is -0.481 e. The van der Waals surface area contributed by atoms with Crippen molar-refractivity contribution in [1.82, 2.24) is 20.2 Å². The molecule has 1 aliphatic rings. The number of carbonyl (C=O) groups excluding carboxylic acids is 2. The van der Waals surface area contributed by atoms with Gasteiger partial charge in [-0.05, 0) is 35.1 Å². The number of hydrogen-bond donors (Lipinski definition) is 3. The van der Waals surface area contributed by atoms with Crippen molar-refractivity contribution in [2.24, 2.45) is 0 Å². The van der Waals surface area contributed by atoms with Gasteiger partial charge in [-0.2, -0.15) is 0 Å².